The Kier molecular flexibility index (Phi) is 4.91. The molecule has 0 atom stereocenters. The van der Waals surface area contributed by atoms with Gasteiger partial charge in [-0.2, -0.15) is 0 Å². The molecule has 0 aliphatic carbocycles. The molecule has 1 fully saturated rings. The van der Waals surface area contributed by atoms with Crippen molar-refractivity contribution in [3.8, 4) is 5.75 Å². The Morgan fingerprint density at radius 2 is 1.96 bits per heavy atom. The number of nitrogens with zero attached hydrogens (tertiary/aromatic N) is 2. The van der Waals surface area contributed by atoms with E-state index in [1.165, 1.54) is 5.56 Å². The number of pyridine rings is 1. The van der Waals surface area contributed by atoms with Gasteiger partial charge in [-0.1, -0.05) is 12.1 Å². The summed E-state index contributed by atoms with van der Waals surface area (Å²) in [4.78, 5) is 18.4. The summed E-state index contributed by atoms with van der Waals surface area (Å²) in [5.74, 6) is 1.63. The van der Waals surface area contributed by atoms with Gasteiger partial charge in [0.25, 0.3) is 5.91 Å². The van der Waals surface area contributed by atoms with E-state index in [0.717, 1.165) is 38.1 Å². The van der Waals surface area contributed by atoms with Crippen LogP contribution in [0.3, 0.4) is 0 Å². The van der Waals surface area contributed by atoms with Crippen molar-refractivity contribution in [1.29, 1.82) is 0 Å². The van der Waals surface area contributed by atoms with Gasteiger partial charge >= 0.3 is 0 Å². The van der Waals surface area contributed by atoms with Crippen LogP contribution in [0.2, 0.25) is 0 Å². The summed E-state index contributed by atoms with van der Waals surface area (Å²) in [7, 11) is 1.68. The molecule has 0 unspecified atom stereocenters. The first-order valence-corrected chi connectivity index (χ1v) is 8.08. The van der Waals surface area contributed by atoms with Gasteiger partial charge in [-0.3, -0.25) is 9.78 Å². The van der Waals surface area contributed by atoms with Gasteiger partial charge in [0.15, 0.2) is 0 Å². The Bertz CT molecular complexity index is 632. The number of likely N-dealkylation sites (tertiary alicyclic amines) is 1. The standard InChI is InChI=1S/C19H22N2O2/c1-23-18-6-4-15(5-7-18)13-16-8-11-21(12-9-16)19(22)17-3-2-10-20-14-17/h2-7,10,14,16H,8-9,11-13H2,1H3. The van der Waals surface area contributed by atoms with Gasteiger partial charge in [0.1, 0.15) is 5.75 Å². The molecule has 4 heteroatoms. The maximum Gasteiger partial charge on any atom is 0.255 e. The van der Waals surface area contributed by atoms with Crippen molar-refractivity contribution in [2.75, 3.05) is 20.2 Å². The second-order valence-corrected chi connectivity index (χ2v) is 6.03. The molecule has 1 amide bonds. The number of hydrogen-bond acceptors (Lipinski definition) is 3. The second kappa shape index (κ2) is 7.27. The normalized spacial score (nSPS) is 15.4. The topological polar surface area (TPSA) is 42.4 Å². The molecular formula is C19H22N2O2. The Morgan fingerprint density at radius 1 is 1.22 bits per heavy atom. The number of rotatable bonds is 4. The molecule has 1 aliphatic heterocycles. The maximum absolute atomic E-state index is 12.4. The predicted molar refractivity (Wildman–Crippen MR) is 89.6 cm³/mol. The summed E-state index contributed by atoms with van der Waals surface area (Å²) in [6.07, 6.45) is 6.51. The van der Waals surface area contributed by atoms with Crippen LogP contribution in [0.25, 0.3) is 0 Å². The minimum atomic E-state index is 0.0981. The highest BCUT2D eigenvalue weighted by molar-refractivity contribution is 5.93. The fraction of sp³-hybridized carbons (Fsp3) is 0.368. The van der Waals surface area contributed by atoms with E-state index in [9.17, 15) is 4.79 Å². The van der Waals surface area contributed by atoms with Gasteiger partial charge in [-0.05, 0) is 55.0 Å². The molecule has 1 aromatic heterocycles. The number of ether oxygens (including phenoxy) is 1. The number of methoxy groups -OCH3 is 1. The molecular weight excluding hydrogens is 288 g/mol. The van der Waals surface area contributed by atoms with Crippen LogP contribution < -0.4 is 4.74 Å². The average Bonchev–Trinajstić information content (AvgIpc) is 2.63. The van der Waals surface area contributed by atoms with E-state index in [2.05, 4.69) is 17.1 Å². The molecule has 23 heavy (non-hydrogen) atoms. The molecule has 1 aromatic carbocycles. The lowest BCUT2D eigenvalue weighted by Crippen LogP contribution is -2.38. The zero-order valence-corrected chi connectivity index (χ0v) is 13.4. The quantitative estimate of drug-likeness (QED) is 0.871. The van der Waals surface area contributed by atoms with Crippen LogP contribution in [0.4, 0.5) is 0 Å². The van der Waals surface area contributed by atoms with Gasteiger partial charge in [-0.25, -0.2) is 0 Å². The van der Waals surface area contributed by atoms with Crippen LogP contribution >= 0.6 is 0 Å². The zero-order chi connectivity index (χ0) is 16.1. The molecule has 2 heterocycles. The minimum absolute atomic E-state index is 0.0981. The van der Waals surface area contributed by atoms with Crippen LogP contribution in [0.5, 0.6) is 5.75 Å². The average molecular weight is 310 g/mol. The summed E-state index contributed by atoms with van der Waals surface area (Å²) in [6, 6.07) is 11.9. The van der Waals surface area contributed by atoms with Crippen LogP contribution in [0.15, 0.2) is 48.8 Å². The third kappa shape index (κ3) is 3.89. The minimum Gasteiger partial charge on any atom is -0.497 e. The highest BCUT2D eigenvalue weighted by atomic mass is 16.5. The van der Waals surface area contributed by atoms with E-state index < -0.39 is 0 Å². The number of carbonyl (C=O) groups excluding carboxylic acids is 1. The molecule has 1 aliphatic rings. The molecule has 120 valence electrons. The molecule has 0 radical (unpaired) electrons. The third-order valence-electron chi connectivity index (χ3n) is 4.49. The predicted octanol–water partition coefficient (Wildman–Crippen LogP) is 3.19. The van der Waals surface area contributed by atoms with E-state index in [-0.39, 0.29) is 5.91 Å². The first-order chi connectivity index (χ1) is 11.3. The molecule has 0 spiro atoms. The Morgan fingerprint density at radius 3 is 2.57 bits per heavy atom. The Labute approximate surface area is 137 Å². The molecule has 1 saturated heterocycles. The van der Waals surface area contributed by atoms with Crippen molar-refractivity contribution in [2.24, 2.45) is 5.92 Å². The molecule has 3 rings (SSSR count). The number of aromatic nitrogens is 1. The second-order valence-electron chi connectivity index (χ2n) is 6.03. The van der Waals surface area contributed by atoms with Crippen LogP contribution in [-0.4, -0.2) is 36.0 Å². The Hall–Kier alpha value is -2.36. The largest absolute Gasteiger partial charge is 0.497 e. The van der Waals surface area contributed by atoms with Crippen molar-refractivity contribution in [3.63, 3.8) is 0 Å². The molecule has 4 nitrogen and oxygen atoms in total. The lowest BCUT2D eigenvalue weighted by molar-refractivity contribution is 0.0690. The van der Waals surface area contributed by atoms with E-state index in [1.54, 1.807) is 19.5 Å². The van der Waals surface area contributed by atoms with Gasteiger partial charge in [0.05, 0.1) is 12.7 Å². The van der Waals surface area contributed by atoms with E-state index in [1.807, 2.05) is 29.2 Å². The molecule has 0 saturated carbocycles. The molecule has 0 N–H and O–H groups in total. The van der Waals surface area contributed by atoms with E-state index in [0.29, 0.717) is 11.5 Å². The van der Waals surface area contributed by atoms with Crippen LogP contribution in [-0.2, 0) is 6.42 Å². The summed E-state index contributed by atoms with van der Waals surface area (Å²) in [5.41, 5.74) is 2.02. The third-order valence-corrected chi connectivity index (χ3v) is 4.49. The number of carbonyl (C=O) groups is 1. The summed E-state index contributed by atoms with van der Waals surface area (Å²) in [6.45, 7) is 1.66. The number of amides is 1. The van der Waals surface area contributed by atoms with Crippen molar-refractivity contribution in [2.45, 2.75) is 19.3 Å². The van der Waals surface area contributed by atoms with E-state index in [4.69, 9.17) is 4.74 Å². The van der Waals surface area contributed by atoms with Gasteiger partial charge in [-0.15, -0.1) is 0 Å². The first-order valence-electron chi connectivity index (χ1n) is 8.08. The summed E-state index contributed by atoms with van der Waals surface area (Å²) < 4.78 is 5.19. The SMILES string of the molecule is COc1ccc(CC2CCN(C(=O)c3cccnc3)CC2)cc1. The number of piperidine rings is 1. The summed E-state index contributed by atoms with van der Waals surface area (Å²) >= 11 is 0. The highest BCUT2D eigenvalue weighted by Crippen LogP contribution is 2.23. The van der Waals surface area contributed by atoms with Crippen molar-refractivity contribution in [1.82, 2.24) is 9.88 Å². The Balaban J connectivity index is 1.53. The first kappa shape index (κ1) is 15.5. The lowest BCUT2D eigenvalue weighted by Gasteiger charge is -2.32. The zero-order valence-electron chi connectivity index (χ0n) is 13.4. The highest BCUT2D eigenvalue weighted by Gasteiger charge is 2.23. The smallest absolute Gasteiger partial charge is 0.255 e. The molecule has 2 aromatic rings. The van der Waals surface area contributed by atoms with Crippen molar-refractivity contribution >= 4 is 5.91 Å². The van der Waals surface area contributed by atoms with Gasteiger partial charge in [0, 0.05) is 25.5 Å². The van der Waals surface area contributed by atoms with Gasteiger partial charge in [0.2, 0.25) is 0 Å². The van der Waals surface area contributed by atoms with Gasteiger partial charge < -0.3 is 9.64 Å². The van der Waals surface area contributed by atoms with Crippen LogP contribution in [0.1, 0.15) is 28.8 Å². The van der Waals surface area contributed by atoms with E-state index >= 15 is 0 Å². The fourth-order valence-electron chi connectivity index (χ4n) is 3.11. The maximum atomic E-state index is 12.4. The number of hydrogen-bond donors (Lipinski definition) is 0. The fourth-order valence-corrected chi connectivity index (χ4v) is 3.11. The van der Waals surface area contributed by atoms with Crippen molar-refractivity contribution in [3.05, 3.63) is 59.9 Å². The molecule has 0 bridgehead atoms. The summed E-state index contributed by atoms with van der Waals surface area (Å²) in [5, 5.41) is 0. The monoisotopic (exact) mass is 310 g/mol. The number of benzene rings is 1. The van der Waals surface area contributed by atoms with Crippen molar-refractivity contribution < 1.29 is 9.53 Å². The van der Waals surface area contributed by atoms with Crippen LogP contribution in [0, 0.1) is 5.92 Å². The lowest BCUT2D eigenvalue weighted by atomic mass is 9.90.